The maximum Gasteiger partial charge on any atom is 0.251 e. The van der Waals surface area contributed by atoms with E-state index in [4.69, 9.17) is 16.3 Å². The summed E-state index contributed by atoms with van der Waals surface area (Å²) in [6.07, 6.45) is 1.81. The first-order valence-corrected chi connectivity index (χ1v) is 10.5. The second-order valence-corrected chi connectivity index (χ2v) is 8.93. The van der Waals surface area contributed by atoms with E-state index in [-0.39, 0.29) is 27.9 Å². The lowest BCUT2D eigenvalue weighted by Gasteiger charge is -2.43. The number of benzene rings is 1. The zero-order chi connectivity index (χ0) is 21.0. The molecule has 0 bridgehead atoms. The normalized spacial score (nSPS) is 20.5. The largest absolute Gasteiger partial charge is 0.377 e. The first kappa shape index (κ1) is 22.0. The quantitative estimate of drug-likeness (QED) is 0.787. The number of hydrogen-bond donors (Lipinski definition) is 1. The first-order valence-electron chi connectivity index (χ1n) is 10.1. The van der Waals surface area contributed by atoms with Gasteiger partial charge >= 0.3 is 0 Å². The molecule has 2 amide bonds. The third kappa shape index (κ3) is 5.90. The fourth-order valence-corrected chi connectivity index (χ4v) is 4.19. The summed E-state index contributed by atoms with van der Waals surface area (Å²) >= 11 is 5.81. The molecule has 2 aliphatic rings. The van der Waals surface area contributed by atoms with Crippen LogP contribution >= 0.6 is 11.6 Å². The Kier molecular flexibility index (Phi) is 7.14. The predicted octanol–water partition coefficient (Wildman–Crippen LogP) is 2.56. The van der Waals surface area contributed by atoms with Crippen LogP contribution in [-0.2, 0) is 9.53 Å². The number of amides is 2. The van der Waals surface area contributed by atoms with Gasteiger partial charge < -0.3 is 15.0 Å². The van der Waals surface area contributed by atoms with E-state index in [1.54, 1.807) is 0 Å². The van der Waals surface area contributed by atoms with Crippen molar-refractivity contribution in [1.29, 1.82) is 0 Å². The predicted molar refractivity (Wildman–Crippen MR) is 110 cm³/mol. The van der Waals surface area contributed by atoms with Crippen LogP contribution in [0.25, 0.3) is 0 Å². The van der Waals surface area contributed by atoms with Crippen molar-refractivity contribution in [2.75, 3.05) is 45.9 Å². The highest BCUT2D eigenvalue weighted by Crippen LogP contribution is 2.21. The van der Waals surface area contributed by atoms with Gasteiger partial charge in [-0.3, -0.25) is 14.5 Å². The maximum atomic E-state index is 13.4. The molecule has 1 N–H and O–H groups in total. The summed E-state index contributed by atoms with van der Waals surface area (Å²) in [5, 5.41) is 3.07. The van der Waals surface area contributed by atoms with Gasteiger partial charge in [0.25, 0.3) is 5.91 Å². The SMILES string of the molecule is CC1(C)COCCN1C(=O)CN1CCC(CNC(=O)c2cc(F)cc(Cl)c2)CC1. The van der Waals surface area contributed by atoms with Crippen molar-refractivity contribution >= 4 is 23.4 Å². The van der Waals surface area contributed by atoms with Crippen LogP contribution in [0.5, 0.6) is 0 Å². The number of carbonyl (C=O) groups excluding carboxylic acids is 2. The molecular weight excluding hydrogens is 397 g/mol. The minimum Gasteiger partial charge on any atom is -0.377 e. The number of halogens is 2. The molecule has 1 aromatic carbocycles. The van der Waals surface area contributed by atoms with Gasteiger partial charge in [0, 0.05) is 23.7 Å². The van der Waals surface area contributed by atoms with Crippen molar-refractivity contribution in [3.05, 3.63) is 34.6 Å². The number of hydrogen-bond acceptors (Lipinski definition) is 4. The number of nitrogens with zero attached hydrogens (tertiary/aromatic N) is 2. The molecule has 3 rings (SSSR count). The van der Waals surface area contributed by atoms with Crippen LogP contribution in [-0.4, -0.2) is 73.1 Å². The van der Waals surface area contributed by atoms with E-state index in [0.717, 1.165) is 25.9 Å². The lowest BCUT2D eigenvalue weighted by Crippen LogP contribution is -2.58. The summed E-state index contributed by atoms with van der Waals surface area (Å²) in [6.45, 7) is 8.46. The van der Waals surface area contributed by atoms with Gasteiger partial charge in [-0.2, -0.15) is 0 Å². The Bertz CT molecular complexity index is 730. The Labute approximate surface area is 176 Å². The van der Waals surface area contributed by atoms with Gasteiger partial charge in [-0.25, -0.2) is 4.39 Å². The van der Waals surface area contributed by atoms with E-state index in [9.17, 15) is 14.0 Å². The number of piperidine rings is 1. The fourth-order valence-electron chi connectivity index (χ4n) is 3.97. The average Bonchev–Trinajstić information content (AvgIpc) is 2.66. The molecular formula is C21H29ClFN3O3. The molecule has 0 aromatic heterocycles. The molecule has 1 aromatic rings. The van der Waals surface area contributed by atoms with Crippen LogP contribution in [0.1, 0.15) is 37.0 Å². The molecule has 2 saturated heterocycles. The molecule has 6 nitrogen and oxygen atoms in total. The van der Waals surface area contributed by atoms with Crippen molar-refractivity contribution in [3.8, 4) is 0 Å². The van der Waals surface area contributed by atoms with Gasteiger partial charge in [0.2, 0.25) is 5.91 Å². The molecule has 0 aliphatic carbocycles. The van der Waals surface area contributed by atoms with E-state index in [2.05, 4.69) is 10.2 Å². The molecule has 2 aliphatic heterocycles. The summed E-state index contributed by atoms with van der Waals surface area (Å²) in [7, 11) is 0. The van der Waals surface area contributed by atoms with Crippen molar-refractivity contribution in [3.63, 3.8) is 0 Å². The van der Waals surface area contributed by atoms with Gasteiger partial charge in [-0.15, -0.1) is 0 Å². The number of likely N-dealkylation sites (tertiary alicyclic amines) is 1. The van der Waals surface area contributed by atoms with E-state index in [1.807, 2.05) is 18.7 Å². The Hall–Kier alpha value is -1.70. The Morgan fingerprint density at radius 3 is 2.62 bits per heavy atom. The molecule has 8 heteroatoms. The van der Waals surface area contributed by atoms with Crippen molar-refractivity contribution in [2.45, 2.75) is 32.2 Å². The summed E-state index contributed by atoms with van der Waals surface area (Å²) < 4.78 is 18.9. The van der Waals surface area contributed by atoms with Crippen molar-refractivity contribution in [2.24, 2.45) is 5.92 Å². The first-order chi connectivity index (χ1) is 13.7. The topological polar surface area (TPSA) is 61.9 Å². The molecule has 0 spiro atoms. The van der Waals surface area contributed by atoms with Gasteiger partial charge in [0.1, 0.15) is 5.82 Å². The Morgan fingerprint density at radius 2 is 1.97 bits per heavy atom. The molecule has 2 heterocycles. The minimum atomic E-state index is -0.524. The number of carbonyl (C=O) groups is 2. The third-order valence-corrected chi connectivity index (χ3v) is 5.91. The summed E-state index contributed by atoms with van der Waals surface area (Å²) in [4.78, 5) is 29.1. The minimum absolute atomic E-state index is 0.146. The van der Waals surface area contributed by atoms with E-state index in [0.29, 0.717) is 38.8 Å². The summed E-state index contributed by atoms with van der Waals surface area (Å²) in [5.41, 5.74) is -0.0382. The molecule has 0 unspecified atom stereocenters. The van der Waals surface area contributed by atoms with Crippen LogP contribution in [0.2, 0.25) is 5.02 Å². The summed E-state index contributed by atoms with van der Waals surface area (Å²) in [5.74, 6) is -0.357. The lowest BCUT2D eigenvalue weighted by molar-refractivity contribution is -0.147. The zero-order valence-corrected chi connectivity index (χ0v) is 17.8. The Balaban J connectivity index is 1.42. The maximum absolute atomic E-state index is 13.4. The standard InChI is InChI=1S/C21H29ClFN3O3/c1-21(2)14-29-8-7-26(21)19(27)13-25-5-3-15(4-6-25)12-24-20(28)16-9-17(22)11-18(23)10-16/h9-11,15H,3-8,12-14H2,1-2H3,(H,24,28). The number of morpholine rings is 1. The van der Waals surface area contributed by atoms with E-state index < -0.39 is 5.82 Å². The third-order valence-electron chi connectivity index (χ3n) is 5.69. The van der Waals surface area contributed by atoms with Gasteiger partial charge in [-0.1, -0.05) is 11.6 Å². The van der Waals surface area contributed by atoms with E-state index in [1.165, 1.54) is 18.2 Å². The molecule has 29 heavy (non-hydrogen) atoms. The monoisotopic (exact) mass is 425 g/mol. The summed E-state index contributed by atoms with van der Waals surface area (Å²) in [6, 6.07) is 3.82. The van der Waals surface area contributed by atoms with Crippen LogP contribution in [0.3, 0.4) is 0 Å². The highest BCUT2D eigenvalue weighted by molar-refractivity contribution is 6.31. The molecule has 0 radical (unpaired) electrons. The molecule has 0 atom stereocenters. The number of nitrogens with one attached hydrogen (secondary N) is 1. The van der Waals surface area contributed by atoms with Crippen LogP contribution in [0.4, 0.5) is 4.39 Å². The average molecular weight is 426 g/mol. The zero-order valence-electron chi connectivity index (χ0n) is 17.0. The highest BCUT2D eigenvalue weighted by atomic mass is 35.5. The highest BCUT2D eigenvalue weighted by Gasteiger charge is 2.35. The smallest absolute Gasteiger partial charge is 0.251 e. The fraction of sp³-hybridized carbons (Fsp3) is 0.619. The number of rotatable bonds is 5. The van der Waals surface area contributed by atoms with Gasteiger partial charge in [0.15, 0.2) is 0 Å². The molecule has 0 saturated carbocycles. The van der Waals surface area contributed by atoms with E-state index >= 15 is 0 Å². The number of ether oxygens (including phenoxy) is 1. The van der Waals surface area contributed by atoms with Gasteiger partial charge in [-0.05, 0) is 63.9 Å². The van der Waals surface area contributed by atoms with Crippen LogP contribution in [0, 0.1) is 11.7 Å². The second kappa shape index (κ2) is 9.41. The molecule has 160 valence electrons. The second-order valence-electron chi connectivity index (χ2n) is 8.50. The Morgan fingerprint density at radius 1 is 1.24 bits per heavy atom. The lowest BCUT2D eigenvalue weighted by atomic mass is 9.96. The van der Waals surface area contributed by atoms with Crippen molar-refractivity contribution in [1.82, 2.24) is 15.1 Å². The van der Waals surface area contributed by atoms with Crippen LogP contribution < -0.4 is 5.32 Å². The van der Waals surface area contributed by atoms with Gasteiger partial charge in [0.05, 0.1) is 25.3 Å². The van der Waals surface area contributed by atoms with Crippen LogP contribution in [0.15, 0.2) is 18.2 Å². The molecule has 2 fully saturated rings. The van der Waals surface area contributed by atoms with Crippen molar-refractivity contribution < 1.29 is 18.7 Å².